The molecule has 1 radical (unpaired) electrons. The van der Waals surface area contributed by atoms with Crippen molar-refractivity contribution in [1.82, 2.24) is 0 Å². The quantitative estimate of drug-likeness (QED) is 0.684. The fraction of sp³-hybridized carbons (Fsp3) is 0. The van der Waals surface area contributed by atoms with Crippen LogP contribution in [0.5, 0.6) is 0 Å². The molecule has 0 aliphatic rings. The van der Waals surface area contributed by atoms with E-state index in [0.717, 1.165) is 11.1 Å². The molecule has 0 spiro atoms. The molecule has 2 aromatic carbocycles. The summed E-state index contributed by atoms with van der Waals surface area (Å²) in [5, 5.41) is 0. The summed E-state index contributed by atoms with van der Waals surface area (Å²) in [6.45, 7) is 11.0. The topological polar surface area (TPSA) is 0 Å². The summed E-state index contributed by atoms with van der Waals surface area (Å²) in [4.78, 5) is 0. The van der Waals surface area contributed by atoms with Gasteiger partial charge in [0.25, 0.3) is 0 Å². The maximum atomic E-state index is 3.69. The molecular formula is C18H18Na. The Morgan fingerprint density at radius 3 is 1.32 bits per heavy atom. The predicted octanol–water partition coefficient (Wildman–Crippen LogP) is 4.92. The van der Waals surface area contributed by atoms with Crippen LogP contribution in [0.15, 0.2) is 74.3 Å². The zero-order valence-electron chi connectivity index (χ0n) is 11.5. The zero-order chi connectivity index (χ0) is 13.2. The molecule has 0 unspecified atom stereocenters. The Kier molecular flexibility index (Phi) is 9.82. The molecule has 91 valence electrons. The zero-order valence-corrected chi connectivity index (χ0v) is 13.5. The van der Waals surface area contributed by atoms with Gasteiger partial charge in [-0.25, -0.2) is 0 Å². The summed E-state index contributed by atoms with van der Waals surface area (Å²) >= 11 is 0. The first-order valence-corrected chi connectivity index (χ1v) is 5.83. The largest absolute Gasteiger partial charge is 0.0985 e. The van der Waals surface area contributed by atoms with Crippen molar-refractivity contribution in [3.8, 4) is 0 Å². The third-order valence-electron chi connectivity index (χ3n) is 2.47. The minimum atomic E-state index is 0. The average Bonchev–Trinajstić information content (AvgIpc) is 2.48. The van der Waals surface area contributed by atoms with E-state index in [0.29, 0.717) is 0 Å². The Hall–Kier alpha value is -1.34. The van der Waals surface area contributed by atoms with Crippen molar-refractivity contribution in [2.45, 2.75) is 0 Å². The van der Waals surface area contributed by atoms with Crippen molar-refractivity contribution >= 4 is 47.8 Å². The van der Waals surface area contributed by atoms with E-state index in [1.807, 2.05) is 72.8 Å². The number of benzene rings is 2. The number of hydrogen-bond acceptors (Lipinski definition) is 0. The van der Waals surface area contributed by atoms with Gasteiger partial charge in [0.15, 0.2) is 0 Å². The van der Waals surface area contributed by atoms with E-state index in [9.17, 15) is 0 Å². The molecule has 0 aliphatic heterocycles. The second-order valence-electron chi connectivity index (χ2n) is 3.65. The molecule has 0 fully saturated rings. The van der Waals surface area contributed by atoms with E-state index in [-0.39, 0.29) is 29.6 Å². The van der Waals surface area contributed by atoms with E-state index in [4.69, 9.17) is 0 Å². The van der Waals surface area contributed by atoms with Crippen molar-refractivity contribution in [1.29, 1.82) is 0 Å². The molecule has 0 atom stereocenters. The van der Waals surface area contributed by atoms with Gasteiger partial charge in [0.05, 0.1) is 0 Å². The molecule has 0 aromatic heterocycles. The Bertz CT molecular complexity index is 485. The van der Waals surface area contributed by atoms with E-state index < -0.39 is 0 Å². The van der Waals surface area contributed by atoms with Gasteiger partial charge in [-0.2, -0.15) is 0 Å². The molecule has 0 saturated carbocycles. The molecule has 0 N–H and O–H groups in total. The molecular weight excluding hydrogens is 239 g/mol. The van der Waals surface area contributed by atoms with Crippen LogP contribution in [-0.4, -0.2) is 29.6 Å². The van der Waals surface area contributed by atoms with Crippen LogP contribution in [-0.2, 0) is 0 Å². The fourth-order valence-corrected chi connectivity index (χ4v) is 1.47. The van der Waals surface area contributed by atoms with Gasteiger partial charge in [0.1, 0.15) is 0 Å². The van der Waals surface area contributed by atoms with Crippen LogP contribution in [0.3, 0.4) is 0 Å². The summed E-state index contributed by atoms with van der Waals surface area (Å²) in [5.41, 5.74) is 3.45. The maximum Gasteiger partial charge on any atom is 0 e. The molecule has 1 heteroatoms. The SMILES string of the molecule is C=Cc1ccccc1.C=Cc1ccccc1C=C.[Na]. The molecule has 2 rings (SSSR count). The van der Waals surface area contributed by atoms with E-state index in [1.165, 1.54) is 5.56 Å². The van der Waals surface area contributed by atoms with Crippen LogP contribution >= 0.6 is 0 Å². The molecule has 0 aliphatic carbocycles. The normalized spacial score (nSPS) is 8.21. The van der Waals surface area contributed by atoms with Crippen molar-refractivity contribution in [2.24, 2.45) is 0 Å². The summed E-state index contributed by atoms with van der Waals surface area (Å²) in [6, 6.07) is 18.0. The Morgan fingerprint density at radius 1 is 0.579 bits per heavy atom. The Balaban J connectivity index is 0.000000331. The maximum absolute atomic E-state index is 3.69. The first-order chi connectivity index (χ1) is 8.81. The molecule has 19 heavy (non-hydrogen) atoms. The van der Waals surface area contributed by atoms with Crippen LogP contribution in [0.2, 0.25) is 0 Å². The fourth-order valence-electron chi connectivity index (χ4n) is 1.47. The van der Waals surface area contributed by atoms with Gasteiger partial charge in [0.2, 0.25) is 0 Å². The van der Waals surface area contributed by atoms with Crippen LogP contribution in [0, 0.1) is 0 Å². The first-order valence-electron chi connectivity index (χ1n) is 5.83. The smallest absolute Gasteiger partial charge is 0 e. The van der Waals surface area contributed by atoms with E-state index in [2.05, 4.69) is 19.7 Å². The minimum Gasteiger partial charge on any atom is -0.0985 e. The third kappa shape index (κ3) is 6.40. The standard InChI is InChI=1S/C10H10.C8H8.Na/c1-3-9-7-5-6-8-10(9)4-2;1-2-8-6-4-3-5-7-8;/h3-8H,1-2H2;2-7H,1H2;. The summed E-state index contributed by atoms with van der Waals surface area (Å²) in [5.74, 6) is 0. The first kappa shape index (κ1) is 17.7. The molecule has 0 nitrogen and oxygen atoms in total. The van der Waals surface area contributed by atoms with Gasteiger partial charge in [-0.05, 0) is 16.7 Å². The number of rotatable bonds is 3. The molecule has 0 amide bonds. The summed E-state index contributed by atoms with van der Waals surface area (Å²) in [7, 11) is 0. The van der Waals surface area contributed by atoms with Crippen molar-refractivity contribution in [2.75, 3.05) is 0 Å². The predicted molar refractivity (Wildman–Crippen MR) is 88.9 cm³/mol. The van der Waals surface area contributed by atoms with Crippen molar-refractivity contribution in [3.05, 3.63) is 91.0 Å². The van der Waals surface area contributed by atoms with Crippen molar-refractivity contribution < 1.29 is 0 Å². The third-order valence-corrected chi connectivity index (χ3v) is 2.47. The molecule has 0 saturated heterocycles. The van der Waals surface area contributed by atoms with Crippen LogP contribution < -0.4 is 0 Å². The van der Waals surface area contributed by atoms with E-state index in [1.54, 1.807) is 0 Å². The van der Waals surface area contributed by atoms with Gasteiger partial charge in [-0.15, -0.1) is 0 Å². The van der Waals surface area contributed by atoms with Crippen LogP contribution in [0.25, 0.3) is 18.2 Å². The summed E-state index contributed by atoms with van der Waals surface area (Å²) in [6.07, 6.45) is 5.49. The second-order valence-corrected chi connectivity index (χ2v) is 3.65. The monoisotopic (exact) mass is 257 g/mol. The van der Waals surface area contributed by atoms with Gasteiger partial charge >= 0.3 is 0 Å². The molecule has 0 bridgehead atoms. The van der Waals surface area contributed by atoms with E-state index >= 15 is 0 Å². The van der Waals surface area contributed by atoms with Crippen LogP contribution in [0.1, 0.15) is 16.7 Å². The Morgan fingerprint density at radius 2 is 1.00 bits per heavy atom. The van der Waals surface area contributed by atoms with Gasteiger partial charge in [-0.1, -0.05) is 92.6 Å². The van der Waals surface area contributed by atoms with Crippen molar-refractivity contribution in [3.63, 3.8) is 0 Å². The van der Waals surface area contributed by atoms with Gasteiger partial charge < -0.3 is 0 Å². The second kappa shape index (κ2) is 10.6. The summed E-state index contributed by atoms with van der Waals surface area (Å²) < 4.78 is 0. The minimum absolute atomic E-state index is 0. The molecule has 0 heterocycles. The number of hydrogen-bond donors (Lipinski definition) is 0. The Labute approximate surface area is 138 Å². The van der Waals surface area contributed by atoms with Gasteiger partial charge in [0, 0.05) is 29.6 Å². The molecule has 2 aromatic rings. The van der Waals surface area contributed by atoms with Crippen LogP contribution in [0.4, 0.5) is 0 Å². The van der Waals surface area contributed by atoms with Gasteiger partial charge in [-0.3, -0.25) is 0 Å². The average molecular weight is 257 g/mol.